The van der Waals surface area contributed by atoms with Crippen LogP contribution in [0.1, 0.15) is 66.5 Å². The molecular formula is C37H41BrN8O3. The molecule has 1 aromatic carbocycles. The maximum atomic E-state index is 14.4. The molecule has 12 heteroatoms. The number of anilines is 1. The Labute approximate surface area is 294 Å². The molecule has 1 spiro atoms. The number of likely N-dealkylation sites (tertiary alicyclic amines) is 1. The van der Waals surface area contributed by atoms with Crippen molar-refractivity contribution in [2.75, 3.05) is 25.5 Å². The molecule has 0 radical (unpaired) electrons. The zero-order chi connectivity index (χ0) is 34.4. The molecule has 2 bridgehead atoms. The van der Waals surface area contributed by atoms with Crippen molar-refractivity contribution in [2.24, 2.45) is 5.41 Å². The van der Waals surface area contributed by atoms with Gasteiger partial charge in [-0.2, -0.15) is 5.10 Å². The van der Waals surface area contributed by atoms with E-state index in [4.69, 9.17) is 5.10 Å². The summed E-state index contributed by atoms with van der Waals surface area (Å²) >= 11 is 3.46. The van der Waals surface area contributed by atoms with Crippen LogP contribution in [-0.4, -0.2) is 84.4 Å². The normalized spacial score (nSPS) is 23.5. The molecule has 4 aromatic rings. The van der Waals surface area contributed by atoms with E-state index in [0.717, 1.165) is 66.5 Å². The highest BCUT2D eigenvalue weighted by Gasteiger charge is 2.67. The number of carbonyl (C=O) groups excluding carboxylic acids is 3. The van der Waals surface area contributed by atoms with Gasteiger partial charge in [-0.3, -0.25) is 19.1 Å². The van der Waals surface area contributed by atoms with E-state index in [1.54, 1.807) is 22.0 Å². The average Bonchev–Trinajstić information content (AvgIpc) is 3.44. The molecule has 3 aliphatic rings. The van der Waals surface area contributed by atoms with Gasteiger partial charge in [-0.25, -0.2) is 15.0 Å². The molecule has 3 aromatic heterocycles. The lowest BCUT2D eigenvalue weighted by Gasteiger charge is -2.27. The Morgan fingerprint density at radius 1 is 1.06 bits per heavy atom. The van der Waals surface area contributed by atoms with Crippen molar-refractivity contribution in [3.63, 3.8) is 0 Å². The van der Waals surface area contributed by atoms with Gasteiger partial charge in [0.05, 0.1) is 5.52 Å². The number of Topliss-reactive ketones (excluding diaryl/α,β-unsaturated/α-hetero) is 1. The fourth-order valence-electron chi connectivity index (χ4n) is 7.79. The van der Waals surface area contributed by atoms with Crippen LogP contribution >= 0.6 is 15.9 Å². The summed E-state index contributed by atoms with van der Waals surface area (Å²) in [5.41, 5.74) is 4.37. The number of hydrogen-bond acceptors (Lipinski definition) is 8. The van der Waals surface area contributed by atoms with Gasteiger partial charge in [0.1, 0.15) is 34.5 Å². The highest BCUT2D eigenvalue weighted by molar-refractivity contribution is 9.10. The fourth-order valence-corrected chi connectivity index (χ4v) is 8.10. The first-order chi connectivity index (χ1) is 23.5. The SMILES string of the molecule is CC(=O)c1nn(CC(=O)N2[C@H]3C[C@]4(C[C@@H]24)CN(C)CCCC/C=C/Cc2ccc(Br)nc2NC3=O)c2c(C)cc(-c3cnc(C)nc3)cc12. The highest BCUT2D eigenvalue weighted by atomic mass is 79.9. The van der Waals surface area contributed by atoms with Crippen LogP contribution in [0.4, 0.5) is 5.82 Å². The van der Waals surface area contributed by atoms with Gasteiger partial charge >= 0.3 is 0 Å². The number of amides is 2. The van der Waals surface area contributed by atoms with Gasteiger partial charge in [0.15, 0.2) is 5.78 Å². The van der Waals surface area contributed by atoms with Gasteiger partial charge in [0, 0.05) is 48.3 Å². The van der Waals surface area contributed by atoms with E-state index in [-0.39, 0.29) is 35.6 Å². The average molecular weight is 726 g/mol. The molecule has 7 rings (SSSR count). The minimum atomic E-state index is -0.653. The molecule has 1 aliphatic carbocycles. The van der Waals surface area contributed by atoms with E-state index < -0.39 is 6.04 Å². The number of allylic oxidation sites excluding steroid dienone is 2. The van der Waals surface area contributed by atoms with Crippen LogP contribution in [-0.2, 0) is 22.6 Å². The van der Waals surface area contributed by atoms with Gasteiger partial charge in [0.2, 0.25) is 11.8 Å². The first-order valence-corrected chi connectivity index (χ1v) is 17.7. The Kier molecular flexibility index (Phi) is 8.95. The number of ketones is 1. The lowest BCUT2D eigenvalue weighted by atomic mass is 9.98. The van der Waals surface area contributed by atoms with E-state index >= 15 is 0 Å². The predicted octanol–water partition coefficient (Wildman–Crippen LogP) is 5.68. The Morgan fingerprint density at radius 2 is 1.86 bits per heavy atom. The molecule has 2 aliphatic heterocycles. The maximum absolute atomic E-state index is 14.4. The number of hydrogen-bond donors (Lipinski definition) is 1. The standard InChI is InChI=1S/C37H41BrN8O3/c1-22-14-26(27-18-39-24(3)40-19-27)15-28-33(23(2)47)43-45(34(22)28)20-32(48)46-29-16-37(17-30(37)46)21-44(4)13-9-7-5-6-8-10-25-11-12-31(38)41-35(25)42-36(29)49/h6,8,11-12,14-15,18-19,29-30H,5,7,9-10,13,16-17,20-21H2,1-4H3,(H,41,42,49)/b8-6+/t29-,30+,37-/m0/s1. The first kappa shape index (κ1) is 33.2. The van der Waals surface area contributed by atoms with Crippen LogP contribution in [0.5, 0.6) is 0 Å². The summed E-state index contributed by atoms with van der Waals surface area (Å²) < 4.78 is 2.27. The number of aromatic nitrogens is 5. The fraction of sp³-hybridized carbons (Fsp3) is 0.432. The molecule has 2 amide bonds. The number of fused-ring (bicyclic) bond motifs is 3. The van der Waals surface area contributed by atoms with E-state index in [1.807, 2.05) is 38.1 Å². The number of nitrogens with zero attached hydrogens (tertiary/aromatic N) is 7. The summed E-state index contributed by atoms with van der Waals surface area (Å²) in [4.78, 5) is 58.9. The van der Waals surface area contributed by atoms with Crippen LogP contribution < -0.4 is 5.32 Å². The van der Waals surface area contributed by atoms with Crippen molar-refractivity contribution in [3.8, 4) is 11.1 Å². The summed E-state index contributed by atoms with van der Waals surface area (Å²) in [6.07, 6.45) is 13.2. The Hall–Kier alpha value is -4.29. The number of piperidine rings is 1. The van der Waals surface area contributed by atoms with E-state index in [1.165, 1.54) is 6.92 Å². The van der Waals surface area contributed by atoms with Crippen molar-refractivity contribution >= 4 is 50.2 Å². The molecule has 49 heavy (non-hydrogen) atoms. The van der Waals surface area contributed by atoms with Gasteiger partial charge in [-0.1, -0.05) is 18.2 Å². The number of halogens is 1. The van der Waals surface area contributed by atoms with E-state index in [0.29, 0.717) is 40.2 Å². The molecule has 5 heterocycles. The zero-order valence-electron chi connectivity index (χ0n) is 28.4. The topological polar surface area (TPSA) is 126 Å². The number of carbonyl (C=O) groups is 3. The van der Waals surface area contributed by atoms with Crippen molar-refractivity contribution < 1.29 is 14.4 Å². The lowest BCUT2D eigenvalue weighted by molar-refractivity contribution is -0.138. The summed E-state index contributed by atoms with van der Waals surface area (Å²) in [6.45, 7) is 6.98. The number of nitrogens with one attached hydrogen (secondary N) is 1. The minimum absolute atomic E-state index is 0.0474. The van der Waals surface area contributed by atoms with E-state index in [9.17, 15) is 14.4 Å². The smallest absolute Gasteiger partial charge is 0.248 e. The van der Waals surface area contributed by atoms with Crippen molar-refractivity contribution in [2.45, 2.75) is 77.9 Å². The van der Waals surface area contributed by atoms with Crippen molar-refractivity contribution in [1.29, 1.82) is 0 Å². The molecule has 2 fully saturated rings. The zero-order valence-corrected chi connectivity index (χ0v) is 30.0. The Bertz CT molecular complexity index is 1990. The first-order valence-electron chi connectivity index (χ1n) is 16.9. The molecule has 11 nitrogen and oxygen atoms in total. The van der Waals surface area contributed by atoms with E-state index in [2.05, 4.69) is 60.3 Å². The predicted molar refractivity (Wildman–Crippen MR) is 191 cm³/mol. The highest BCUT2D eigenvalue weighted by Crippen LogP contribution is 2.60. The molecule has 0 unspecified atom stereocenters. The van der Waals surface area contributed by atoms with Gasteiger partial charge in [0.25, 0.3) is 0 Å². The van der Waals surface area contributed by atoms with Crippen LogP contribution in [0.25, 0.3) is 22.0 Å². The molecule has 3 atom stereocenters. The number of benzene rings is 1. The summed E-state index contributed by atoms with van der Waals surface area (Å²) in [5.74, 6) is 0.566. The lowest BCUT2D eigenvalue weighted by Crippen LogP contribution is -2.47. The Balaban J connectivity index is 1.22. The molecule has 1 saturated carbocycles. The quantitative estimate of drug-likeness (QED) is 0.162. The van der Waals surface area contributed by atoms with Crippen LogP contribution in [0, 0.1) is 19.3 Å². The monoisotopic (exact) mass is 724 g/mol. The number of rotatable bonds is 4. The van der Waals surface area contributed by atoms with Gasteiger partial charge in [-0.05, 0) is 117 Å². The number of aryl methyl sites for hydroxylation is 2. The third-order valence-electron chi connectivity index (χ3n) is 10.2. The Morgan fingerprint density at radius 3 is 2.63 bits per heavy atom. The molecule has 1 N–H and O–H groups in total. The third kappa shape index (κ3) is 6.55. The third-order valence-corrected chi connectivity index (χ3v) is 10.7. The summed E-state index contributed by atoms with van der Waals surface area (Å²) in [5, 5.41) is 8.46. The second-order valence-corrected chi connectivity index (χ2v) is 14.7. The van der Waals surface area contributed by atoms with Gasteiger partial charge < -0.3 is 15.1 Å². The van der Waals surface area contributed by atoms with Gasteiger partial charge in [-0.15, -0.1) is 0 Å². The van der Waals surface area contributed by atoms with Crippen LogP contribution in [0.3, 0.4) is 0 Å². The van der Waals surface area contributed by atoms with Crippen LogP contribution in [0.15, 0.2) is 53.4 Å². The summed E-state index contributed by atoms with van der Waals surface area (Å²) in [7, 11) is 2.14. The second-order valence-electron chi connectivity index (χ2n) is 13.9. The van der Waals surface area contributed by atoms with Crippen LogP contribution in [0.2, 0.25) is 0 Å². The minimum Gasteiger partial charge on any atom is -0.325 e. The number of pyridine rings is 1. The molecule has 1 saturated heterocycles. The van der Waals surface area contributed by atoms with Crippen molar-refractivity contribution in [1.82, 2.24) is 34.5 Å². The second kappa shape index (κ2) is 13.2. The molecule has 254 valence electrons. The molecular weight excluding hydrogens is 684 g/mol. The largest absolute Gasteiger partial charge is 0.325 e. The maximum Gasteiger partial charge on any atom is 0.248 e. The summed E-state index contributed by atoms with van der Waals surface area (Å²) in [6, 6.07) is 7.08. The van der Waals surface area contributed by atoms with Crippen molar-refractivity contribution in [3.05, 3.63) is 76.1 Å².